The summed E-state index contributed by atoms with van der Waals surface area (Å²) in [5.41, 5.74) is 0.978. The molecule has 6 rings (SSSR count). The minimum Gasteiger partial charge on any atom is -0.352 e. The predicted molar refractivity (Wildman–Crippen MR) is 147 cm³/mol. The number of carbonyl (C=O) groups is 1. The highest BCUT2D eigenvalue weighted by atomic mass is 16.7. The van der Waals surface area contributed by atoms with Crippen LogP contribution in [0.4, 0.5) is 0 Å². The number of carbonyl (C=O) groups excluding carboxylic acids is 1. The average Bonchev–Trinajstić information content (AvgIpc) is 3.19. The van der Waals surface area contributed by atoms with Crippen molar-refractivity contribution in [1.29, 1.82) is 0 Å². The number of amides is 1. The summed E-state index contributed by atoms with van der Waals surface area (Å²) in [4.78, 5) is 14.4. The van der Waals surface area contributed by atoms with Crippen molar-refractivity contribution in [2.24, 2.45) is 51.8 Å². The van der Waals surface area contributed by atoms with Crippen LogP contribution in [0.1, 0.15) is 98.8 Å². The SMILES string of the molecule is C[C@H]1CC[C@@]2(OC1)O[C@H]1C[C@H]3[C@@H]4CC[C@@H]5C[C@@H](NC(=O)CN(C)C)CC[C@]5(C)[C@H]4CC[C@]3(C)[C@@]1(C)[C@@H]2C. The van der Waals surface area contributed by atoms with E-state index in [4.69, 9.17) is 9.47 Å². The fraction of sp³-hybridized carbons (Fsp3) is 0.969. The van der Waals surface area contributed by atoms with Gasteiger partial charge in [0, 0.05) is 23.8 Å². The third-order valence-corrected chi connectivity index (χ3v) is 13.7. The number of fused-ring (bicyclic) bond motifs is 7. The van der Waals surface area contributed by atoms with Crippen molar-refractivity contribution in [3.8, 4) is 0 Å². The zero-order valence-electron chi connectivity index (χ0n) is 24.8. The summed E-state index contributed by atoms with van der Waals surface area (Å²) < 4.78 is 13.6. The molecule has 0 unspecified atom stereocenters. The summed E-state index contributed by atoms with van der Waals surface area (Å²) in [7, 11) is 3.95. The van der Waals surface area contributed by atoms with Crippen molar-refractivity contribution >= 4 is 5.91 Å². The molecule has 6 aliphatic rings. The molecular weight excluding hydrogens is 460 g/mol. The fourth-order valence-electron chi connectivity index (χ4n) is 11.3. The van der Waals surface area contributed by atoms with Gasteiger partial charge in [-0.2, -0.15) is 0 Å². The molecule has 37 heavy (non-hydrogen) atoms. The first kappa shape index (κ1) is 26.6. The second-order valence-corrected chi connectivity index (χ2v) is 15.5. The maximum Gasteiger partial charge on any atom is 0.234 e. The van der Waals surface area contributed by atoms with E-state index < -0.39 is 0 Å². The lowest BCUT2D eigenvalue weighted by Crippen LogP contribution is -2.58. The average molecular weight is 515 g/mol. The molecule has 0 aromatic heterocycles. The molecule has 4 aliphatic carbocycles. The Morgan fingerprint density at radius 3 is 2.43 bits per heavy atom. The lowest BCUT2D eigenvalue weighted by molar-refractivity contribution is -0.273. The van der Waals surface area contributed by atoms with E-state index in [1.165, 1.54) is 51.4 Å². The molecule has 2 aliphatic heterocycles. The summed E-state index contributed by atoms with van der Waals surface area (Å²) >= 11 is 0. The second kappa shape index (κ2) is 8.93. The van der Waals surface area contributed by atoms with Gasteiger partial charge in [0.1, 0.15) is 0 Å². The highest BCUT2D eigenvalue weighted by molar-refractivity contribution is 5.78. The maximum atomic E-state index is 12.5. The molecule has 6 fully saturated rings. The first-order valence-corrected chi connectivity index (χ1v) is 15.7. The topological polar surface area (TPSA) is 50.8 Å². The minimum atomic E-state index is -0.338. The van der Waals surface area contributed by atoms with Gasteiger partial charge in [-0.25, -0.2) is 0 Å². The number of hydrogen-bond acceptors (Lipinski definition) is 4. The van der Waals surface area contributed by atoms with Crippen LogP contribution in [0.15, 0.2) is 0 Å². The van der Waals surface area contributed by atoms with Crippen LogP contribution in [-0.2, 0) is 14.3 Å². The molecule has 4 saturated carbocycles. The van der Waals surface area contributed by atoms with Gasteiger partial charge in [-0.3, -0.25) is 4.79 Å². The van der Waals surface area contributed by atoms with Crippen molar-refractivity contribution in [3.05, 3.63) is 0 Å². The van der Waals surface area contributed by atoms with E-state index >= 15 is 0 Å². The zero-order valence-corrected chi connectivity index (χ0v) is 24.8. The number of nitrogens with one attached hydrogen (secondary N) is 1. The van der Waals surface area contributed by atoms with E-state index in [0.717, 1.165) is 43.1 Å². The Hall–Kier alpha value is -0.650. The Morgan fingerprint density at radius 2 is 1.73 bits per heavy atom. The maximum absolute atomic E-state index is 12.5. The molecule has 5 nitrogen and oxygen atoms in total. The van der Waals surface area contributed by atoms with Gasteiger partial charge in [0.25, 0.3) is 0 Å². The molecule has 2 saturated heterocycles. The molecule has 5 heteroatoms. The molecule has 0 aromatic carbocycles. The van der Waals surface area contributed by atoms with Crippen LogP contribution < -0.4 is 5.32 Å². The fourth-order valence-corrected chi connectivity index (χ4v) is 11.3. The molecule has 0 bridgehead atoms. The largest absolute Gasteiger partial charge is 0.352 e. The van der Waals surface area contributed by atoms with Crippen molar-refractivity contribution in [2.75, 3.05) is 27.2 Å². The van der Waals surface area contributed by atoms with Crippen molar-refractivity contribution in [3.63, 3.8) is 0 Å². The highest BCUT2D eigenvalue weighted by Crippen LogP contribution is 2.75. The van der Waals surface area contributed by atoms with E-state index in [9.17, 15) is 4.79 Å². The Bertz CT molecular complexity index is 898. The number of nitrogens with zero attached hydrogens (tertiary/aromatic N) is 1. The van der Waals surface area contributed by atoms with Gasteiger partial charge < -0.3 is 19.7 Å². The second-order valence-electron chi connectivity index (χ2n) is 15.5. The lowest BCUT2D eigenvalue weighted by atomic mass is 9.42. The molecule has 210 valence electrons. The van der Waals surface area contributed by atoms with Crippen molar-refractivity contribution in [2.45, 2.75) is 117 Å². The van der Waals surface area contributed by atoms with Gasteiger partial charge in [0.2, 0.25) is 5.91 Å². The first-order chi connectivity index (χ1) is 17.4. The molecule has 12 atom stereocenters. The van der Waals surface area contributed by atoms with Crippen LogP contribution in [0.25, 0.3) is 0 Å². The highest BCUT2D eigenvalue weighted by Gasteiger charge is 2.74. The number of ether oxygens (including phenoxy) is 2. The predicted octanol–water partition coefficient (Wildman–Crippen LogP) is 5.87. The summed E-state index contributed by atoms with van der Waals surface area (Å²) in [6.07, 6.45) is 12.9. The van der Waals surface area contributed by atoms with E-state index in [1.54, 1.807) is 0 Å². The van der Waals surface area contributed by atoms with Gasteiger partial charge in [0.05, 0.1) is 19.3 Å². The molecule has 0 radical (unpaired) electrons. The Morgan fingerprint density at radius 1 is 0.946 bits per heavy atom. The quantitative estimate of drug-likeness (QED) is 0.512. The number of rotatable bonds is 3. The van der Waals surface area contributed by atoms with Crippen molar-refractivity contribution < 1.29 is 14.3 Å². The number of likely N-dealkylation sites (N-methyl/N-ethyl adjacent to an activating group) is 1. The molecular formula is C32H54N2O3. The number of hydrogen-bond donors (Lipinski definition) is 1. The van der Waals surface area contributed by atoms with E-state index in [2.05, 4.69) is 39.9 Å². The standard InChI is InChI=1S/C32H54N2O3/c1-20-10-15-32(36-19-20)21(2)31(5)27(37-32)17-26-24-9-8-22-16-23(33-28(35)18-34(6)7)11-13-29(22,3)25(24)12-14-30(26,31)4/h20-27H,8-19H2,1-7H3,(H,33,35)/t20-,21-,22+,23-,24+,25-,26-,27-,29-,30-,31-,32+/m0/s1. The zero-order chi connectivity index (χ0) is 26.4. The van der Waals surface area contributed by atoms with Gasteiger partial charge in [-0.1, -0.05) is 34.6 Å². The monoisotopic (exact) mass is 514 g/mol. The third kappa shape index (κ3) is 3.75. The Kier molecular flexibility index (Phi) is 6.41. The normalized spacial score (nSPS) is 54.9. The molecule has 2 heterocycles. The Labute approximate surface area is 226 Å². The van der Waals surface area contributed by atoms with Crippen molar-refractivity contribution in [1.82, 2.24) is 10.2 Å². The van der Waals surface area contributed by atoms with Crippen LogP contribution in [0.5, 0.6) is 0 Å². The summed E-state index contributed by atoms with van der Waals surface area (Å²) in [6, 6.07) is 0.365. The lowest BCUT2D eigenvalue weighted by Gasteiger charge is -2.62. The van der Waals surface area contributed by atoms with Crippen LogP contribution in [0.2, 0.25) is 0 Å². The third-order valence-electron chi connectivity index (χ3n) is 13.7. The minimum absolute atomic E-state index is 0.190. The van der Waals surface area contributed by atoms with Crippen LogP contribution in [0, 0.1) is 51.8 Å². The van der Waals surface area contributed by atoms with Gasteiger partial charge in [-0.05, 0) is 112 Å². The summed E-state index contributed by atoms with van der Waals surface area (Å²) in [5, 5.41) is 3.37. The van der Waals surface area contributed by atoms with Crippen LogP contribution >= 0.6 is 0 Å². The van der Waals surface area contributed by atoms with Gasteiger partial charge >= 0.3 is 0 Å². The molecule has 1 amide bonds. The smallest absolute Gasteiger partial charge is 0.234 e. The van der Waals surface area contributed by atoms with E-state index in [-0.39, 0.29) is 17.1 Å². The van der Waals surface area contributed by atoms with Gasteiger partial charge in [0.15, 0.2) is 5.79 Å². The summed E-state index contributed by atoms with van der Waals surface area (Å²) in [6.45, 7) is 14.0. The van der Waals surface area contributed by atoms with Gasteiger partial charge in [-0.15, -0.1) is 0 Å². The van der Waals surface area contributed by atoms with E-state index in [0.29, 0.717) is 41.4 Å². The molecule has 1 spiro atoms. The van der Waals surface area contributed by atoms with Crippen LogP contribution in [0.3, 0.4) is 0 Å². The Balaban J connectivity index is 1.18. The van der Waals surface area contributed by atoms with Crippen LogP contribution in [-0.4, -0.2) is 56.0 Å². The summed E-state index contributed by atoms with van der Waals surface area (Å²) in [5.74, 6) is 4.16. The molecule has 0 aromatic rings. The van der Waals surface area contributed by atoms with E-state index in [1.807, 2.05) is 19.0 Å². The molecule has 1 N–H and O–H groups in total. The first-order valence-electron chi connectivity index (χ1n) is 15.7.